The van der Waals surface area contributed by atoms with Crippen molar-refractivity contribution in [2.75, 3.05) is 0 Å². The second-order valence-electron chi connectivity index (χ2n) is 2.60. The Labute approximate surface area is 79.2 Å². The van der Waals surface area contributed by atoms with E-state index in [4.69, 9.17) is 10.7 Å². The number of benzene rings is 1. The first-order chi connectivity index (χ1) is 6.81. The lowest BCUT2D eigenvalue weighted by Gasteiger charge is -2.01. The Balaban J connectivity index is 2.38. The van der Waals surface area contributed by atoms with Crippen molar-refractivity contribution in [2.45, 2.75) is 0 Å². The van der Waals surface area contributed by atoms with Crippen molar-refractivity contribution in [3.05, 3.63) is 30.5 Å². The van der Waals surface area contributed by atoms with Gasteiger partial charge in [0.15, 0.2) is 0 Å². The summed E-state index contributed by atoms with van der Waals surface area (Å²) in [5, 5.41) is 4.75. The number of rotatable bonds is 1. The zero-order chi connectivity index (χ0) is 9.97. The topological polar surface area (TPSA) is 82.2 Å². The van der Waals surface area contributed by atoms with Crippen LogP contribution in [-0.4, -0.2) is 16.0 Å². The fourth-order valence-corrected chi connectivity index (χ4v) is 1.13. The van der Waals surface area contributed by atoms with Gasteiger partial charge < -0.3 is 0 Å². The molecule has 2 rings (SSSR count). The van der Waals surface area contributed by atoms with Crippen LogP contribution in [-0.2, 0) is 0 Å². The number of hydrogen-bond acceptors (Lipinski definition) is 4. The maximum Gasteiger partial charge on any atom is 0.447 e. The average molecular weight is 192 g/mol. The van der Waals surface area contributed by atoms with Gasteiger partial charge >= 0.3 is 6.09 Å². The first kappa shape index (κ1) is 8.52. The van der Waals surface area contributed by atoms with Crippen molar-refractivity contribution in [3.63, 3.8) is 0 Å². The Bertz CT molecular complexity index is 465. The van der Waals surface area contributed by atoms with E-state index < -0.39 is 6.09 Å². The third kappa shape index (κ3) is 1.38. The standard InChI is InChI=1S/C8H8N4O2/c9-11-8(13)14-12-7-4-2-1-3-6(7)5-10-12/h1-5H,9H2,(H,11,13). The second-order valence-corrected chi connectivity index (χ2v) is 2.60. The molecule has 6 nitrogen and oxygen atoms in total. The van der Waals surface area contributed by atoms with E-state index in [9.17, 15) is 4.79 Å². The highest BCUT2D eigenvalue weighted by Crippen LogP contribution is 2.10. The molecule has 0 saturated heterocycles. The molecule has 0 aliphatic carbocycles. The number of hydrazine groups is 1. The SMILES string of the molecule is NNC(=O)On1ncc2ccccc21. The number of fused-ring (bicyclic) bond motifs is 1. The van der Waals surface area contributed by atoms with E-state index >= 15 is 0 Å². The Morgan fingerprint density at radius 1 is 1.50 bits per heavy atom. The van der Waals surface area contributed by atoms with Crippen LogP contribution in [0.1, 0.15) is 0 Å². The maximum atomic E-state index is 10.8. The van der Waals surface area contributed by atoms with Crippen molar-refractivity contribution in [3.8, 4) is 0 Å². The Hall–Kier alpha value is -2.08. The van der Waals surface area contributed by atoms with E-state index in [2.05, 4.69) is 5.10 Å². The van der Waals surface area contributed by atoms with Gasteiger partial charge in [0.25, 0.3) is 0 Å². The van der Waals surface area contributed by atoms with Gasteiger partial charge in [0.05, 0.1) is 6.20 Å². The van der Waals surface area contributed by atoms with Crippen LogP contribution in [0.15, 0.2) is 30.5 Å². The Morgan fingerprint density at radius 2 is 2.29 bits per heavy atom. The molecule has 0 saturated carbocycles. The van der Waals surface area contributed by atoms with Crippen molar-refractivity contribution >= 4 is 17.0 Å². The van der Waals surface area contributed by atoms with Gasteiger partial charge in [-0.25, -0.2) is 10.6 Å². The van der Waals surface area contributed by atoms with Crippen LogP contribution in [0.25, 0.3) is 10.9 Å². The minimum atomic E-state index is -0.765. The molecule has 0 spiro atoms. The second kappa shape index (κ2) is 3.35. The maximum absolute atomic E-state index is 10.8. The molecule has 1 heterocycles. The smallest absolute Gasteiger partial charge is 0.298 e. The van der Waals surface area contributed by atoms with Gasteiger partial charge in [-0.05, 0) is 6.07 Å². The summed E-state index contributed by atoms with van der Waals surface area (Å²) in [4.78, 5) is 16.7. The van der Waals surface area contributed by atoms with Crippen LogP contribution in [0.3, 0.4) is 0 Å². The predicted octanol–water partition coefficient (Wildman–Crippen LogP) is 0.0482. The summed E-state index contributed by atoms with van der Waals surface area (Å²) >= 11 is 0. The van der Waals surface area contributed by atoms with Crippen LogP contribution >= 0.6 is 0 Å². The van der Waals surface area contributed by atoms with Crippen molar-refractivity contribution in [1.29, 1.82) is 0 Å². The monoisotopic (exact) mass is 192 g/mol. The molecular formula is C8H8N4O2. The number of hydrogen-bond donors (Lipinski definition) is 2. The normalized spacial score (nSPS) is 10.1. The lowest BCUT2D eigenvalue weighted by molar-refractivity contribution is 0.122. The first-order valence-electron chi connectivity index (χ1n) is 3.93. The number of aromatic nitrogens is 2. The average Bonchev–Trinajstić information content (AvgIpc) is 2.62. The summed E-state index contributed by atoms with van der Waals surface area (Å²) in [5.41, 5.74) is 2.55. The number of carbonyl (C=O) groups excluding carboxylic acids is 1. The van der Waals surface area contributed by atoms with Gasteiger partial charge in [-0.15, -0.1) is 5.10 Å². The molecule has 0 aliphatic heterocycles. The molecule has 0 bridgehead atoms. The fraction of sp³-hybridized carbons (Fsp3) is 0. The Morgan fingerprint density at radius 3 is 3.07 bits per heavy atom. The summed E-state index contributed by atoms with van der Waals surface area (Å²) in [6.45, 7) is 0. The molecule has 0 fully saturated rings. The van der Waals surface area contributed by atoms with Crippen molar-refractivity contribution in [1.82, 2.24) is 15.4 Å². The fourth-order valence-electron chi connectivity index (χ4n) is 1.13. The van der Waals surface area contributed by atoms with Crippen LogP contribution in [0.5, 0.6) is 0 Å². The van der Waals surface area contributed by atoms with Gasteiger partial charge in [0.2, 0.25) is 0 Å². The summed E-state index contributed by atoms with van der Waals surface area (Å²) in [5.74, 6) is 4.87. The summed E-state index contributed by atoms with van der Waals surface area (Å²) < 4.78 is 0. The summed E-state index contributed by atoms with van der Waals surface area (Å²) in [6, 6.07) is 7.34. The van der Waals surface area contributed by atoms with Crippen LogP contribution in [0, 0.1) is 0 Å². The molecule has 1 aromatic heterocycles. The van der Waals surface area contributed by atoms with E-state index in [0.717, 1.165) is 10.2 Å². The van der Waals surface area contributed by atoms with Gasteiger partial charge in [0, 0.05) is 5.39 Å². The summed E-state index contributed by atoms with van der Waals surface area (Å²) in [6.07, 6.45) is 0.831. The highest BCUT2D eigenvalue weighted by atomic mass is 16.7. The number of nitrogens with one attached hydrogen (secondary N) is 1. The molecule has 0 radical (unpaired) electrons. The summed E-state index contributed by atoms with van der Waals surface area (Å²) in [7, 11) is 0. The third-order valence-electron chi connectivity index (χ3n) is 1.73. The number of carbonyl (C=O) groups is 1. The van der Waals surface area contributed by atoms with E-state index in [1.165, 1.54) is 0 Å². The highest BCUT2D eigenvalue weighted by Gasteiger charge is 2.05. The van der Waals surface area contributed by atoms with Crippen LogP contribution in [0.2, 0.25) is 0 Å². The molecule has 0 aliphatic rings. The molecular weight excluding hydrogens is 184 g/mol. The van der Waals surface area contributed by atoms with Crippen LogP contribution in [0.4, 0.5) is 4.79 Å². The number of para-hydroxylation sites is 1. The predicted molar refractivity (Wildman–Crippen MR) is 49.0 cm³/mol. The van der Waals surface area contributed by atoms with Crippen molar-refractivity contribution in [2.24, 2.45) is 5.84 Å². The van der Waals surface area contributed by atoms with E-state index in [1.54, 1.807) is 12.3 Å². The van der Waals surface area contributed by atoms with E-state index in [-0.39, 0.29) is 0 Å². The molecule has 1 amide bonds. The molecule has 14 heavy (non-hydrogen) atoms. The minimum Gasteiger partial charge on any atom is -0.298 e. The van der Waals surface area contributed by atoms with Gasteiger partial charge in [-0.3, -0.25) is 10.3 Å². The van der Waals surface area contributed by atoms with E-state index in [1.807, 2.05) is 23.6 Å². The number of nitrogens with two attached hydrogens (primary N) is 1. The molecule has 72 valence electrons. The molecule has 6 heteroatoms. The molecule has 1 aromatic carbocycles. The largest absolute Gasteiger partial charge is 0.447 e. The number of nitrogens with zero attached hydrogens (tertiary/aromatic N) is 2. The minimum absolute atomic E-state index is 0.705. The first-order valence-corrected chi connectivity index (χ1v) is 3.93. The third-order valence-corrected chi connectivity index (χ3v) is 1.73. The van der Waals surface area contributed by atoms with Crippen LogP contribution < -0.4 is 16.1 Å². The Kier molecular flexibility index (Phi) is 2.04. The molecule has 0 unspecified atom stereocenters. The quantitative estimate of drug-likeness (QED) is 0.380. The lowest BCUT2D eigenvalue weighted by Crippen LogP contribution is -2.37. The van der Waals surface area contributed by atoms with Gasteiger partial charge in [0.1, 0.15) is 5.52 Å². The molecule has 0 atom stereocenters. The van der Waals surface area contributed by atoms with Gasteiger partial charge in [-0.1, -0.05) is 23.0 Å². The zero-order valence-electron chi connectivity index (χ0n) is 7.18. The van der Waals surface area contributed by atoms with E-state index in [0.29, 0.717) is 5.52 Å². The zero-order valence-corrected chi connectivity index (χ0v) is 7.18. The number of amides is 1. The van der Waals surface area contributed by atoms with Gasteiger partial charge in [-0.2, -0.15) is 0 Å². The lowest BCUT2D eigenvalue weighted by atomic mass is 10.3. The molecule has 2 aromatic rings. The molecule has 3 N–H and O–H groups in total. The van der Waals surface area contributed by atoms with Crippen molar-refractivity contribution < 1.29 is 9.63 Å². The highest BCUT2D eigenvalue weighted by molar-refractivity contribution is 5.78.